The Bertz CT molecular complexity index is 734. The van der Waals surface area contributed by atoms with Crippen molar-refractivity contribution in [2.45, 2.75) is 19.4 Å². The summed E-state index contributed by atoms with van der Waals surface area (Å²) >= 11 is 0. The average Bonchev–Trinajstić information content (AvgIpc) is 2.60. The molecular formula is C18H19FN2O3. The van der Waals surface area contributed by atoms with Gasteiger partial charge in [-0.1, -0.05) is 43.3 Å². The molecule has 2 amide bonds. The molecule has 0 aliphatic heterocycles. The third-order valence-electron chi connectivity index (χ3n) is 3.57. The van der Waals surface area contributed by atoms with Crippen molar-refractivity contribution < 1.29 is 19.1 Å². The molecule has 0 aliphatic carbocycles. The summed E-state index contributed by atoms with van der Waals surface area (Å²) in [5.74, 6) is -2.30. The van der Waals surface area contributed by atoms with E-state index in [0.717, 1.165) is 5.56 Å². The van der Waals surface area contributed by atoms with Crippen molar-refractivity contribution in [3.05, 3.63) is 65.5 Å². The molecule has 5 nitrogen and oxygen atoms in total. The molecule has 6 heteroatoms. The van der Waals surface area contributed by atoms with Gasteiger partial charge in [0.2, 0.25) is 0 Å². The largest absolute Gasteiger partial charge is 0.386 e. The lowest BCUT2D eigenvalue weighted by atomic mass is 10.1. The zero-order chi connectivity index (χ0) is 17.5. The van der Waals surface area contributed by atoms with Gasteiger partial charge in [-0.05, 0) is 24.1 Å². The Hall–Kier alpha value is -2.73. The van der Waals surface area contributed by atoms with E-state index >= 15 is 0 Å². The number of rotatable bonds is 5. The Kier molecular flexibility index (Phi) is 6.03. The van der Waals surface area contributed by atoms with E-state index in [0.29, 0.717) is 12.1 Å². The summed E-state index contributed by atoms with van der Waals surface area (Å²) in [5.41, 5.74) is 1.54. The van der Waals surface area contributed by atoms with Crippen LogP contribution in [0.3, 0.4) is 0 Å². The number of para-hydroxylation sites is 1. The maximum absolute atomic E-state index is 13.5. The van der Waals surface area contributed by atoms with E-state index in [1.807, 2.05) is 19.1 Å². The van der Waals surface area contributed by atoms with E-state index < -0.39 is 23.7 Å². The van der Waals surface area contributed by atoms with Crippen molar-refractivity contribution in [1.82, 2.24) is 5.32 Å². The summed E-state index contributed by atoms with van der Waals surface area (Å²) < 4.78 is 13.5. The Labute approximate surface area is 139 Å². The standard InChI is InChI=1S/C18H19FN2O3/c1-2-12-7-3-6-10-15(12)21-18(24)17(23)20-11-16(22)13-8-4-5-9-14(13)19/h3-10,16,22H,2,11H2,1H3,(H,20,23)(H,21,24). The van der Waals surface area contributed by atoms with Crippen LogP contribution in [0.15, 0.2) is 48.5 Å². The first-order valence-electron chi connectivity index (χ1n) is 7.62. The van der Waals surface area contributed by atoms with Gasteiger partial charge in [0.15, 0.2) is 0 Å². The summed E-state index contributed by atoms with van der Waals surface area (Å²) in [6, 6.07) is 12.9. The normalized spacial score (nSPS) is 11.6. The molecule has 0 aromatic heterocycles. The number of anilines is 1. The second-order valence-electron chi connectivity index (χ2n) is 5.21. The summed E-state index contributed by atoms with van der Waals surface area (Å²) in [6.07, 6.45) is -0.518. The van der Waals surface area contributed by atoms with Crippen LogP contribution in [-0.4, -0.2) is 23.5 Å². The van der Waals surface area contributed by atoms with Gasteiger partial charge in [0, 0.05) is 17.8 Å². The molecule has 0 fully saturated rings. The van der Waals surface area contributed by atoms with Crippen molar-refractivity contribution >= 4 is 17.5 Å². The van der Waals surface area contributed by atoms with E-state index in [9.17, 15) is 19.1 Å². The lowest BCUT2D eigenvalue weighted by molar-refractivity contribution is -0.136. The topological polar surface area (TPSA) is 78.4 Å². The van der Waals surface area contributed by atoms with E-state index in [1.165, 1.54) is 18.2 Å². The molecule has 0 saturated heterocycles. The van der Waals surface area contributed by atoms with Gasteiger partial charge in [-0.3, -0.25) is 9.59 Å². The summed E-state index contributed by atoms with van der Waals surface area (Å²) in [4.78, 5) is 23.8. The lowest BCUT2D eigenvalue weighted by Crippen LogP contribution is -2.37. The quantitative estimate of drug-likeness (QED) is 0.735. The minimum atomic E-state index is -1.23. The summed E-state index contributed by atoms with van der Waals surface area (Å²) in [6.45, 7) is 1.68. The molecule has 2 aromatic carbocycles. The van der Waals surface area contributed by atoms with Crippen LogP contribution in [-0.2, 0) is 16.0 Å². The zero-order valence-electron chi connectivity index (χ0n) is 13.3. The van der Waals surface area contributed by atoms with Gasteiger partial charge in [-0.15, -0.1) is 0 Å². The Balaban J connectivity index is 1.92. The van der Waals surface area contributed by atoms with Gasteiger partial charge in [0.1, 0.15) is 5.82 Å². The minimum Gasteiger partial charge on any atom is -0.386 e. The first kappa shape index (κ1) is 17.6. The van der Waals surface area contributed by atoms with E-state index in [2.05, 4.69) is 10.6 Å². The highest BCUT2D eigenvalue weighted by Crippen LogP contribution is 2.16. The zero-order valence-corrected chi connectivity index (χ0v) is 13.3. The number of benzene rings is 2. The van der Waals surface area contributed by atoms with Crippen molar-refractivity contribution in [3.63, 3.8) is 0 Å². The number of aliphatic hydroxyl groups is 1. The fourth-order valence-corrected chi connectivity index (χ4v) is 2.25. The lowest BCUT2D eigenvalue weighted by Gasteiger charge is -2.13. The first-order chi connectivity index (χ1) is 11.5. The van der Waals surface area contributed by atoms with Gasteiger partial charge in [0.05, 0.1) is 6.10 Å². The number of halogens is 1. The molecular weight excluding hydrogens is 311 g/mol. The second-order valence-corrected chi connectivity index (χ2v) is 5.21. The molecule has 0 radical (unpaired) electrons. The van der Waals surface area contributed by atoms with Gasteiger partial charge in [0.25, 0.3) is 0 Å². The molecule has 0 bridgehead atoms. The molecule has 0 heterocycles. The highest BCUT2D eigenvalue weighted by Gasteiger charge is 2.18. The first-order valence-corrected chi connectivity index (χ1v) is 7.62. The molecule has 0 aliphatic rings. The van der Waals surface area contributed by atoms with Crippen LogP contribution in [0.5, 0.6) is 0 Å². The number of nitrogens with one attached hydrogen (secondary N) is 2. The van der Waals surface area contributed by atoms with E-state index in [4.69, 9.17) is 0 Å². The SMILES string of the molecule is CCc1ccccc1NC(=O)C(=O)NCC(O)c1ccccc1F. The van der Waals surface area contributed by atoms with Crippen LogP contribution >= 0.6 is 0 Å². The Morgan fingerprint density at radius 1 is 1.08 bits per heavy atom. The van der Waals surface area contributed by atoms with Crippen LogP contribution in [0.4, 0.5) is 10.1 Å². The fourth-order valence-electron chi connectivity index (χ4n) is 2.25. The molecule has 126 valence electrons. The molecule has 24 heavy (non-hydrogen) atoms. The molecule has 3 N–H and O–H groups in total. The van der Waals surface area contributed by atoms with Crippen LogP contribution in [0.2, 0.25) is 0 Å². The molecule has 1 atom stereocenters. The van der Waals surface area contributed by atoms with Crippen LogP contribution in [0.1, 0.15) is 24.2 Å². The predicted octanol–water partition coefficient (Wildman–Crippen LogP) is 2.18. The fraction of sp³-hybridized carbons (Fsp3) is 0.222. The maximum Gasteiger partial charge on any atom is 0.313 e. The third-order valence-corrected chi connectivity index (χ3v) is 3.57. The maximum atomic E-state index is 13.5. The smallest absolute Gasteiger partial charge is 0.313 e. The van der Waals surface area contributed by atoms with Crippen molar-refractivity contribution in [3.8, 4) is 0 Å². The van der Waals surface area contributed by atoms with Gasteiger partial charge in [-0.2, -0.15) is 0 Å². The van der Waals surface area contributed by atoms with Crippen LogP contribution in [0.25, 0.3) is 0 Å². The van der Waals surface area contributed by atoms with Crippen molar-refractivity contribution in [1.29, 1.82) is 0 Å². The number of aryl methyl sites for hydroxylation is 1. The molecule has 0 saturated carbocycles. The van der Waals surface area contributed by atoms with E-state index in [1.54, 1.807) is 18.2 Å². The number of hydrogen-bond acceptors (Lipinski definition) is 3. The third kappa shape index (κ3) is 4.39. The van der Waals surface area contributed by atoms with Crippen LogP contribution < -0.4 is 10.6 Å². The second kappa shape index (κ2) is 8.21. The number of aliphatic hydroxyl groups excluding tert-OH is 1. The van der Waals surface area contributed by atoms with Gasteiger partial charge in [-0.25, -0.2) is 4.39 Å². The number of carbonyl (C=O) groups excluding carboxylic acids is 2. The van der Waals surface area contributed by atoms with Crippen molar-refractivity contribution in [2.75, 3.05) is 11.9 Å². The minimum absolute atomic E-state index is 0.0644. The molecule has 2 aromatic rings. The number of hydrogen-bond donors (Lipinski definition) is 3. The van der Waals surface area contributed by atoms with Crippen LogP contribution in [0, 0.1) is 5.82 Å². The molecule has 1 unspecified atom stereocenters. The van der Waals surface area contributed by atoms with E-state index in [-0.39, 0.29) is 12.1 Å². The summed E-state index contributed by atoms with van der Waals surface area (Å²) in [7, 11) is 0. The highest BCUT2D eigenvalue weighted by molar-refractivity contribution is 6.39. The molecule has 2 rings (SSSR count). The van der Waals surface area contributed by atoms with Gasteiger partial charge < -0.3 is 15.7 Å². The summed E-state index contributed by atoms with van der Waals surface area (Å²) in [5, 5.41) is 14.7. The van der Waals surface area contributed by atoms with Crippen molar-refractivity contribution in [2.24, 2.45) is 0 Å². The Morgan fingerprint density at radius 3 is 2.46 bits per heavy atom. The Morgan fingerprint density at radius 2 is 1.75 bits per heavy atom. The average molecular weight is 330 g/mol. The van der Waals surface area contributed by atoms with Gasteiger partial charge >= 0.3 is 11.8 Å². The number of amides is 2. The number of carbonyl (C=O) groups is 2. The predicted molar refractivity (Wildman–Crippen MR) is 88.8 cm³/mol. The molecule has 0 spiro atoms. The monoisotopic (exact) mass is 330 g/mol. The highest BCUT2D eigenvalue weighted by atomic mass is 19.1.